The number of hydrogen-bond acceptors (Lipinski definition) is 2. The topological polar surface area (TPSA) is 49.0 Å². The Hall–Kier alpha value is -2.33. The van der Waals surface area contributed by atoms with E-state index in [1.807, 2.05) is 41.3 Å². The van der Waals surface area contributed by atoms with Gasteiger partial charge in [-0.05, 0) is 36.6 Å². The number of carbonyl (C=O) groups is 1. The van der Waals surface area contributed by atoms with E-state index in [-0.39, 0.29) is 5.91 Å². The molecule has 1 fully saturated rings. The van der Waals surface area contributed by atoms with Crippen molar-refractivity contribution in [3.63, 3.8) is 0 Å². The normalized spacial score (nSPS) is 14.1. The van der Waals surface area contributed by atoms with Gasteiger partial charge in [0.25, 0.3) is 5.91 Å². The lowest BCUT2D eigenvalue weighted by Gasteiger charge is -2.22. The van der Waals surface area contributed by atoms with Crippen molar-refractivity contribution >= 4 is 28.4 Å². The van der Waals surface area contributed by atoms with Gasteiger partial charge in [0.1, 0.15) is 5.69 Å². The van der Waals surface area contributed by atoms with Crippen LogP contribution >= 0.6 is 11.6 Å². The molecule has 0 atom stereocenters. The number of fused-ring (bicyclic) bond motifs is 1. The Morgan fingerprint density at radius 1 is 1.22 bits per heavy atom. The summed E-state index contributed by atoms with van der Waals surface area (Å²) in [5, 5.41) is 1.39. The van der Waals surface area contributed by atoms with E-state index in [1.54, 1.807) is 12.4 Å². The molecule has 0 bridgehead atoms. The summed E-state index contributed by atoms with van der Waals surface area (Å²) >= 11 is 6.44. The molecule has 1 amide bonds. The molecular weight excluding hydrogens is 310 g/mol. The lowest BCUT2D eigenvalue weighted by molar-refractivity contribution is 0.0725. The predicted molar refractivity (Wildman–Crippen MR) is 90.4 cm³/mol. The van der Waals surface area contributed by atoms with Crippen molar-refractivity contribution in [3.05, 3.63) is 65.1 Å². The Morgan fingerprint density at radius 3 is 2.65 bits per heavy atom. The molecule has 1 saturated carbocycles. The predicted octanol–water partition coefficient (Wildman–Crippen LogP) is 4.02. The second-order valence-electron chi connectivity index (χ2n) is 5.88. The maximum Gasteiger partial charge on any atom is 0.272 e. The number of hydrogen-bond donors (Lipinski definition) is 1. The SMILES string of the molecule is O=C(c1[nH]c2ccccc2c1Cl)N(Cc1ccncc1)C1CC1. The highest BCUT2D eigenvalue weighted by Gasteiger charge is 2.34. The first-order valence-electron chi connectivity index (χ1n) is 7.70. The van der Waals surface area contributed by atoms with E-state index >= 15 is 0 Å². The number of benzene rings is 1. The minimum Gasteiger partial charge on any atom is -0.349 e. The molecule has 0 unspecified atom stereocenters. The van der Waals surface area contributed by atoms with Gasteiger partial charge >= 0.3 is 0 Å². The summed E-state index contributed by atoms with van der Waals surface area (Å²) in [6.45, 7) is 0.581. The number of nitrogens with zero attached hydrogens (tertiary/aromatic N) is 2. The van der Waals surface area contributed by atoms with Crippen molar-refractivity contribution in [2.24, 2.45) is 0 Å². The highest BCUT2D eigenvalue weighted by molar-refractivity contribution is 6.38. The molecule has 116 valence electrons. The minimum absolute atomic E-state index is 0.0366. The third-order valence-electron chi connectivity index (χ3n) is 4.21. The third-order valence-corrected chi connectivity index (χ3v) is 4.60. The van der Waals surface area contributed by atoms with Crippen LogP contribution in [0, 0.1) is 0 Å². The average molecular weight is 326 g/mol. The summed E-state index contributed by atoms with van der Waals surface area (Å²) < 4.78 is 0. The van der Waals surface area contributed by atoms with Gasteiger partial charge in [-0.3, -0.25) is 9.78 Å². The monoisotopic (exact) mass is 325 g/mol. The van der Waals surface area contributed by atoms with Crippen LogP contribution in [-0.4, -0.2) is 26.8 Å². The molecule has 1 aliphatic carbocycles. The van der Waals surface area contributed by atoms with Crippen LogP contribution in [0.2, 0.25) is 5.02 Å². The number of nitrogens with one attached hydrogen (secondary N) is 1. The van der Waals surface area contributed by atoms with Crippen molar-refractivity contribution in [1.29, 1.82) is 0 Å². The largest absolute Gasteiger partial charge is 0.349 e. The quantitative estimate of drug-likeness (QED) is 0.787. The van der Waals surface area contributed by atoms with Gasteiger partial charge in [-0.25, -0.2) is 0 Å². The first kappa shape index (κ1) is 14.3. The fraction of sp³-hybridized carbons (Fsp3) is 0.222. The molecule has 0 spiro atoms. The highest BCUT2D eigenvalue weighted by Crippen LogP contribution is 2.33. The van der Waals surface area contributed by atoms with E-state index in [4.69, 9.17) is 11.6 Å². The lowest BCUT2D eigenvalue weighted by Crippen LogP contribution is -2.33. The van der Waals surface area contributed by atoms with Crippen molar-refractivity contribution in [2.75, 3.05) is 0 Å². The van der Waals surface area contributed by atoms with E-state index in [0.29, 0.717) is 23.3 Å². The number of aromatic nitrogens is 2. The van der Waals surface area contributed by atoms with Crippen LogP contribution in [0.4, 0.5) is 0 Å². The minimum atomic E-state index is -0.0366. The maximum atomic E-state index is 13.0. The Balaban J connectivity index is 1.68. The molecular formula is C18H16ClN3O. The van der Waals surface area contributed by atoms with E-state index in [2.05, 4.69) is 9.97 Å². The van der Waals surface area contributed by atoms with Crippen LogP contribution in [0.1, 0.15) is 28.9 Å². The molecule has 0 radical (unpaired) electrons. The van der Waals surface area contributed by atoms with Crippen LogP contribution in [-0.2, 0) is 6.54 Å². The summed E-state index contributed by atoms with van der Waals surface area (Å²) in [6.07, 6.45) is 5.60. The first-order valence-corrected chi connectivity index (χ1v) is 8.08. The fourth-order valence-electron chi connectivity index (χ4n) is 2.84. The van der Waals surface area contributed by atoms with Gasteiger partial charge in [-0.2, -0.15) is 0 Å². The van der Waals surface area contributed by atoms with Crippen molar-refractivity contribution < 1.29 is 4.79 Å². The van der Waals surface area contributed by atoms with Gasteiger partial charge < -0.3 is 9.88 Å². The Labute approximate surface area is 139 Å². The molecule has 2 aromatic heterocycles. The summed E-state index contributed by atoms with van der Waals surface area (Å²) in [6, 6.07) is 11.9. The van der Waals surface area contributed by atoms with Gasteiger partial charge in [0.15, 0.2) is 0 Å². The summed E-state index contributed by atoms with van der Waals surface area (Å²) in [5.41, 5.74) is 2.45. The molecule has 5 heteroatoms. The van der Waals surface area contributed by atoms with Crippen LogP contribution in [0.5, 0.6) is 0 Å². The number of rotatable bonds is 4. The molecule has 1 N–H and O–H groups in total. The Bertz CT molecular complexity index is 855. The summed E-state index contributed by atoms with van der Waals surface area (Å²) in [7, 11) is 0. The maximum absolute atomic E-state index is 13.0. The van der Waals surface area contributed by atoms with Crippen LogP contribution in [0.15, 0.2) is 48.8 Å². The van der Waals surface area contributed by atoms with E-state index < -0.39 is 0 Å². The smallest absolute Gasteiger partial charge is 0.272 e. The second-order valence-corrected chi connectivity index (χ2v) is 6.26. The van der Waals surface area contributed by atoms with Crippen molar-refractivity contribution in [3.8, 4) is 0 Å². The molecule has 23 heavy (non-hydrogen) atoms. The number of amides is 1. The number of halogens is 1. The lowest BCUT2D eigenvalue weighted by atomic mass is 10.2. The van der Waals surface area contributed by atoms with Crippen LogP contribution < -0.4 is 0 Å². The first-order chi connectivity index (χ1) is 11.2. The Kier molecular flexibility index (Phi) is 3.54. The molecule has 4 nitrogen and oxygen atoms in total. The van der Waals surface area contributed by atoms with Gasteiger partial charge in [-0.1, -0.05) is 29.8 Å². The third kappa shape index (κ3) is 2.70. The van der Waals surface area contributed by atoms with Crippen LogP contribution in [0.3, 0.4) is 0 Å². The zero-order valence-corrected chi connectivity index (χ0v) is 13.3. The fourth-order valence-corrected chi connectivity index (χ4v) is 3.13. The summed E-state index contributed by atoms with van der Waals surface area (Å²) in [5.74, 6) is -0.0366. The standard InChI is InChI=1S/C18H16ClN3O/c19-16-14-3-1-2-4-15(14)21-17(16)18(23)22(13-5-6-13)11-12-7-9-20-10-8-12/h1-4,7-10,13,21H,5-6,11H2. The molecule has 0 aliphatic heterocycles. The molecule has 4 rings (SSSR count). The van der Waals surface area contributed by atoms with Crippen molar-refractivity contribution in [2.45, 2.75) is 25.4 Å². The van der Waals surface area contributed by atoms with Crippen molar-refractivity contribution in [1.82, 2.24) is 14.9 Å². The summed E-state index contributed by atoms with van der Waals surface area (Å²) in [4.78, 5) is 22.1. The molecule has 0 saturated heterocycles. The van der Waals surface area contributed by atoms with E-state index in [9.17, 15) is 4.79 Å². The zero-order valence-electron chi connectivity index (χ0n) is 12.5. The number of pyridine rings is 1. The molecule has 1 aromatic carbocycles. The number of H-pyrrole nitrogens is 1. The van der Waals surface area contributed by atoms with Gasteiger partial charge in [-0.15, -0.1) is 0 Å². The van der Waals surface area contributed by atoms with Gasteiger partial charge in [0, 0.05) is 35.9 Å². The number of para-hydroxylation sites is 1. The van der Waals surface area contributed by atoms with E-state index in [1.165, 1.54) is 0 Å². The van der Waals surface area contributed by atoms with E-state index in [0.717, 1.165) is 29.3 Å². The van der Waals surface area contributed by atoms with Crippen LogP contribution in [0.25, 0.3) is 10.9 Å². The Morgan fingerprint density at radius 2 is 1.96 bits per heavy atom. The number of aromatic amines is 1. The van der Waals surface area contributed by atoms with Gasteiger partial charge in [0.05, 0.1) is 5.02 Å². The number of carbonyl (C=O) groups excluding carboxylic acids is 1. The zero-order chi connectivity index (χ0) is 15.8. The average Bonchev–Trinajstić information content (AvgIpc) is 3.37. The highest BCUT2D eigenvalue weighted by atomic mass is 35.5. The molecule has 2 heterocycles. The molecule has 3 aromatic rings. The van der Waals surface area contributed by atoms with Gasteiger partial charge in [0.2, 0.25) is 0 Å². The molecule has 1 aliphatic rings. The second kappa shape index (κ2) is 5.70.